The van der Waals surface area contributed by atoms with E-state index in [2.05, 4.69) is 20.6 Å². The fraction of sp³-hybridized carbons (Fsp3) is 0.414. The van der Waals surface area contributed by atoms with E-state index in [-0.39, 0.29) is 31.6 Å². The number of hydrogen-bond acceptors (Lipinski definition) is 11. The van der Waals surface area contributed by atoms with Crippen LogP contribution < -0.4 is 27.0 Å². The lowest BCUT2D eigenvalue weighted by Gasteiger charge is -2.49. The molecule has 1 spiro atoms. The number of urea groups is 1. The first-order valence-corrected chi connectivity index (χ1v) is 14.3. The largest absolute Gasteiger partial charge is 0.370 e. The number of aryl methyl sites for hydroxylation is 1. The monoisotopic (exact) mass is 589 g/mol. The average molecular weight is 590 g/mol. The number of imide groups is 1. The van der Waals surface area contributed by atoms with Crippen molar-refractivity contribution in [2.45, 2.75) is 56.3 Å². The van der Waals surface area contributed by atoms with E-state index in [1.807, 2.05) is 26.0 Å². The second-order valence-electron chi connectivity index (χ2n) is 11.1. The first-order chi connectivity index (χ1) is 20.5. The Labute approximate surface area is 248 Å². The summed E-state index contributed by atoms with van der Waals surface area (Å²) in [6.07, 6.45) is 1.37. The summed E-state index contributed by atoms with van der Waals surface area (Å²) in [7, 11) is 0. The molecule has 4 amide bonds. The van der Waals surface area contributed by atoms with Gasteiger partial charge >= 0.3 is 6.03 Å². The molecule has 8 N–H and O–H groups in total. The molecule has 14 nitrogen and oxygen atoms in total. The van der Waals surface area contributed by atoms with Gasteiger partial charge in [-0.15, -0.1) is 0 Å². The first-order valence-electron chi connectivity index (χ1n) is 14.3. The maximum atomic E-state index is 13.5. The van der Waals surface area contributed by atoms with Crippen LogP contribution in [-0.4, -0.2) is 99.0 Å². The van der Waals surface area contributed by atoms with Crippen LogP contribution in [-0.2, 0) is 17.6 Å². The van der Waals surface area contributed by atoms with Gasteiger partial charge in [-0.25, -0.2) is 14.8 Å². The van der Waals surface area contributed by atoms with Crippen molar-refractivity contribution in [3.8, 4) is 0 Å². The number of carbonyl (C=O) groups excluding carboxylic acids is 3. The van der Waals surface area contributed by atoms with Gasteiger partial charge in [-0.3, -0.25) is 19.4 Å². The van der Waals surface area contributed by atoms with Gasteiger partial charge in [0, 0.05) is 17.8 Å². The number of aliphatic hydroxyl groups is 2. The topological polar surface area (TPSA) is 202 Å². The van der Waals surface area contributed by atoms with E-state index >= 15 is 0 Å². The molecule has 0 aromatic heterocycles. The van der Waals surface area contributed by atoms with E-state index in [1.54, 1.807) is 36.4 Å². The molecule has 2 aromatic rings. The van der Waals surface area contributed by atoms with Crippen molar-refractivity contribution >= 4 is 35.5 Å². The van der Waals surface area contributed by atoms with Crippen LogP contribution in [0, 0.1) is 0 Å². The molecule has 4 heterocycles. The van der Waals surface area contributed by atoms with Gasteiger partial charge in [0.1, 0.15) is 18.6 Å². The fourth-order valence-electron chi connectivity index (χ4n) is 6.78. The van der Waals surface area contributed by atoms with Crippen LogP contribution in [0.3, 0.4) is 0 Å². The second kappa shape index (κ2) is 10.2. The molecular weight excluding hydrogens is 554 g/mol. The van der Waals surface area contributed by atoms with Crippen LogP contribution in [0.4, 0.5) is 10.5 Å². The summed E-state index contributed by atoms with van der Waals surface area (Å²) in [5.41, 5.74) is 13.6. The lowest BCUT2D eigenvalue weighted by atomic mass is 9.84. The number of nitrogens with one attached hydrogen (secondary N) is 2. The van der Waals surface area contributed by atoms with Crippen LogP contribution in [0.5, 0.6) is 0 Å². The van der Waals surface area contributed by atoms with Crippen molar-refractivity contribution in [3.05, 3.63) is 65.2 Å². The van der Waals surface area contributed by atoms with Gasteiger partial charge in [-0.05, 0) is 42.2 Å². The van der Waals surface area contributed by atoms with E-state index in [9.17, 15) is 24.6 Å². The molecule has 2 unspecified atom stereocenters. The average Bonchev–Trinajstić information content (AvgIpc) is 3.57. The maximum absolute atomic E-state index is 13.5. The number of rotatable bonds is 7. The van der Waals surface area contributed by atoms with E-state index in [1.165, 1.54) is 9.80 Å². The Kier molecular flexibility index (Phi) is 6.77. The molecule has 6 rings (SSSR count). The molecule has 2 aromatic carbocycles. The quantitative estimate of drug-likeness (QED) is 0.174. The molecule has 4 aliphatic heterocycles. The summed E-state index contributed by atoms with van der Waals surface area (Å²) in [5.74, 6) is -3.74. The van der Waals surface area contributed by atoms with Crippen LogP contribution in [0.1, 0.15) is 35.3 Å². The van der Waals surface area contributed by atoms with Crippen LogP contribution in [0.15, 0.2) is 58.5 Å². The molecule has 2 saturated heterocycles. The van der Waals surface area contributed by atoms with Gasteiger partial charge in [-0.1, -0.05) is 44.2 Å². The molecule has 0 bridgehead atoms. The standard InChI is InChI=1S/C29H35N9O5/c1-3-16-9-8-12-19(18(16)4-2)24(40)33-21-14-38-26(31)32-20(23-28(38,29(21,42)43)35-25(30)34-23)13-37-22(39)15-36(27(37)41)17-10-6-5-7-11-17/h5-12,20-21,23,42-43H,3-4,13-15H2,1-2H3,(H2,31,32)(H,33,40)(H3,30,34,35)/t20-,21?,23-,28?/m0/s1. The van der Waals surface area contributed by atoms with Crippen molar-refractivity contribution in [2.75, 3.05) is 24.5 Å². The first kappa shape index (κ1) is 28.4. The summed E-state index contributed by atoms with van der Waals surface area (Å²) in [4.78, 5) is 52.6. The van der Waals surface area contributed by atoms with Crippen molar-refractivity contribution in [1.29, 1.82) is 0 Å². The maximum Gasteiger partial charge on any atom is 0.331 e. The summed E-state index contributed by atoms with van der Waals surface area (Å²) < 4.78 is 0. The number of para-hydroxylation sites is 1. The summed E-state index contributed by atoms with van der Waals surface area (Å²) in [6, 6.07) is 10.5. The van der Waals surface area contributed by atoms with Crippen molar-refractivity contribution in [2.24, 2.45) is 21.5 Å². The van der Waals surface area contributed by atoms with Crippen LogP contribution in [0.2, 0.25) is 0 Å². The number of anilines is 1. The third-order valence-corrected chi connectivity index (χ3v) is 8.85. The number of carbonyl (C=O) groups is 3. The number of aliphatic imine (C=N–C) groups is 2. The molecule has 0 saturated carbocycles. The highest BCUT2D eigenvalue weighted by molar-refractivity contribution is 6.12. The van der Waals surface area contributed by atoms with Gasteiger partial charge in [0.15, 0.2) is 17.6 Å². The number of benzene rings is 2. The second-order valence-corrected chi connectivity index (χ2v) is 11.1. The predicted molar refractivity (Wildman–Crippen MR) is 158 cm³/mol. The van der Waals surface area contributed by atoms with Gasteiger partial charge < -0.3 is 37.2 Å². The SMILES string of the molecule is CCc1cccc(C(=O)NC2CN3C(N)=N[C@@H](CN4C(=O)CN(c5ccccc5)C4=O)[C@@H]4N=C(N)NC43C2(O)O)c1CC. The minimum atomic E-state index is -2.65. The number of nitrogens with two attached hydrogens (primary N) is 2. The predicted octanol–water partition coefficient (Wildman–Crippen LogP) is -0.945. The van der Waals surface area contributed by atoms with E-state index in [4.69, 9.17) is 11.5 Å². The highest BCUT2D eigenvalue weighted by Gasteiger charge is 2.73. The number of hydrogen-bond donors (Lipinski definition) is 6. The van der Waals surface area contributed by atoms with Crippen molar-refractivity contribution in [3.63, 3.8) is 0 Å². The molecule has 4 aliphatic rings. The highest BCUT2D eigenvalue weighted by Crippen LogP contribution is 2.45. The Bertz CT molecular complexity index is 1540. The highest BCUT2D eigenvalue weighted by atomic mass is 16.5. The Morgan fingerprint density at radius 2 is 1.81 bits per heavy atom. The van der Waals surface area contributed by atoms with E-state index in [0.717, 1.165) is 22.4 Å². The van der Waals surface area contributed by atoms with Crippen LogP contribution in [0.25, 0.3) is 0 Å². The molecule has 43 heavy (non-hydrogen) atoms. The van der Waals surface area contributed by atoms with Gasteiger partial charge in [0.2, 0.25) is 5.79 Å². The lowest BCUT2D eigenvalue weighted by molar-refractivity contribution is -0.230. The molecule has 226 valence electrons. The van der Waals surface area contributed by atoms with Gasteiger partial charge in [-0.2, -0.15) is 0 Å². The Morgan fingerprint density at radius 3 is 2.51 bits per heavy atom. The number of nitrogens with zero attached hydrogens (tertiary/aromatic N) is 5. The number of amides is 4. The van der Waals surface area contributed by atoms with Gasteiger partial charge in [0.25, 0.3) is 11.8 Å². The Hall–Kier alpha value is -4.69. The van der Waals surface area contributed by atoms with Crippen molar-refractivity contribution < 1.29 is 24.6 Å². The van der Waals surface area contributed by atoms with E-state index < -0.39 is 47.4 Å². The normalized spacial score (nSPS) is 27.4. The zero-order valence-electron chi connectivity index (χ0n) is 23.9. The molecule has 4 atom stereocenters. The zero-order chi connectivity index (χ0) is 30.7. The third-order valence-electron chi connectivity index (χ3n) is 8.85. The minimum absolute atomic E-state index is 0.0795. The summed E-state index contributed by atoms with van der Waals surface area (Å²) in [6.45, 7) is 3.47. The zero-order valence-corrected chi connectivity index (χ0v) is 23.9. The molecule has 0 radical (unpaired) electrons. The Balaban J connectivity index is 1.29. The van der Waals surface area contributed by atoms with Crippen LogP contribution >= 0.6 is 0 Å². The summed E-state index contributed by atoms with van der Waals surface area (Å²) >= 11 is 0. The number of guanidine groups is 2. The van der Waals surface area contributed by atoms with Gasteiger partial charge in [0.05, 0.1) is 12.6 Å². The third kappa shape index (κ3) is 4.19. The minimum Gasteiger partial charge on any atom is -0.370 e. The lowest BCUT2D eigenvalue weighted by Crippen LogP contribution is -2.78. The molecular formula is C29H35N9O5. The Morgan fingerprint density at radius 1 is 1.07 bits per heavy atom. The molecule has 0 aliphatic carbocycles. The summed E-state index contributed by atoms with van der Waals surface area (Å²) in [5, 5.41) is 29.2. The molecule has 14 heteroatoms. The van der Waals surface area contributed by atoms with E-state index in [0.29, 0.717) is 17.7 Å². The molecule has 2 fully saturated rings. The smallest absolute Gasteiger partial charge is 0.331 e. The van der Waals surface area contributed by atoms with Crippen molar-refractivity contribution in [1.82, 2.24) is 20.4 Å². The fourth-order valence-corrected chi connectivity index (χ4v) is 6.78.